The minimum atomic E-state index is -0.348. The summed E-state index contributed by atoms with van der Waals surface area (Å²) in [7, 11) is 1.36. The SMILES string of the molecule is COC(=O)N1Cc2nccc(Cl)c2C1. The van der Waals surface area contributed by atoms with E-state index in [9.17, 15) is 4.79 Å². The molecule has 1 aliphatic rings. The lowest BCUT2D eigenvalue weighted by Crippen LogP contribution is -2.24. The van der Waals surface area contributed by atoms with E-state index in [2.05, 4.69) is 9.72 Å². The number of ether oxygens (including phenoxy) is 1. The van der Waals surface area contributed by atoms with E-state index in [-0.39, 0.29) is 6.09 Å². The fourth-order valence-electron chi connectivity index (χ4n) is 1.50. The molecule has 0 saturated heterocycles. The van der Waals surface area contributed by atoms with E-state index in [0.29, 0.717) is 18.1 Å². The van der Waals surface area contributed by atoms with E-state index in [1.165, 1.54) is 7.11 Å². The van der Waals surface area contributed by atoms with Crippen LogP contribution in [0.5, 0.6) is 0 Å². The van der Waals surface area contributed by atoms with E-state index in [4.69, 9.17) is 11.6 Å². The Bertz CT molecular complexity index is 381. The van der Waals surface area contributed by atoms with Gasteiger partial charge in [-0.1, -0.05) is 11.6 Å². The van der Waals surface area contributed by atoms with Gasteiger partial charge >= 0.3 is 6.09 Å². The van der Waals surface area contributed by atoms with Crippen molar-refractivity contribution in [2.45, 2.75) is 13.1 Å². The van der Waals surface area contributed by atoms with Gasteiger partial charge in [-0.05, 0) is 6.07 Å². The van der Waals surface area contributed by atoms with Gasteiger partial charge in [0, 0.05) is 16.8 Å². The Labute approximate surface area is 86.4 Å². The van der Waals surface area contributed by atoms with Crippen molar-refractivity contribution in [3.63, 3.8) is 0 Å². The van der Waals surface area contributed by atoms with Crippen LogP contribution < -0.4 is 0 Å². The average molecular weight is 213 g/mol. The second kappa shape index (κ2) is 3.46. The normalized spacial score (nSPS) is 14.0. The number of amides is 1. The molecule has 74 valence electrons. The Morgan fingerprint density at radius 3 is 3.07 bits per heavy atom. The van der Waals surface area contributed by atoms with Crippen molar-refractivity contribution in [2.75, 3.05) is 7.11 Å². The van der Waals surface area contributed by atoms with E-state index in [0.717, 1.165) is 11.3 Å². The molecule has 4 nitrogen and oxygen atoms in total. The first-order valence-electron chi connectivity index (χ1n) is 4.17. The van der Waals surface area contributed by atoms with Crippen LogP contribution in [0.3, 0.4) is 0 Å². The molecule has 0 bridgehead atoms. The molecule has 1 amide bonds. The van der Waals surface area contributed by atoms with Crippen molar-refractivity contribution in [3.05, 3.63) is 28.5 Å². The highest BCUT2D eigenvalue weighted by Gasteiger charge is 2.26. The lowest BCUT2D eigenvalue weighted by molar-refractivity contribution is 0.123. The topological polar surface area (TPSA) is 42.4 Å². The molecule has 0 unspecified atom stereocenters. The molecule has 0 atom stereocenters. The lowest BCUT2D eigenvalue weighted by atomic mass is 10.2. The van der Waals surface area contributed by atoms with Gasteiger partial charge in [-0.3, -0.25) is 9.88 Å². The van der Waals surface area contributed by atoms with Crippen LogP contribution in [0, 0.1) is 0 Å². The van der Waals surface area contributed by atoms with Crippen LogP contribution in [0.4, 0.5) is 4.79 Å². The number of rotatable bonds is 0. The van der Waals surface area contributed by atoms with Gasteiger partial charge in [0.15, 0.2) is 0 Å². The van der Waals surface area contributed by atoms with Crippen LogP contribution in [-0.4, -0.2) is 23.1 Å². The van der Waals surface area contributed by atoms with Gasteiger partial charge in [0.25, 0.3) is 0 Å². The van der Waals surface area contributed by atoms with Crippen LogP contribution in [0.1, 0.15) is 11.3 Å². The van der Waals surface area contributed by atoms with Gasteiger partial charge in [-0.15, -0.1) is 0 Å². The first kappa shape index (κ1) is 9.27. The Morgan fingerprint density at radius 2 is 2.43 bits per heavy atom. The molecule has 0 saturated carbocycles. The molecule has 0 aromatic carbocycles. The highest BCUT2D eigenvalue weighted by atomic mass is 35.5. The summed E-state index contributed by atoms with van der Waals surface area (Å²) in [6.07, 6.45) is 1.29. The number of fused-ring (bicyclic) bond motifs is 1. The lowest BCUT2D eigenvalue weighted by Gasteiger charge is -2.12. The fourth-order valence-corrected chi connectivity index (χ4v) is 1.72. The molecule has 0 fully saturated rings. The quantitative estimate of drug-likeness (QED) is 0.659. The molecule has 1 aromatic heterocycles. The number of nitrogens with zero attached hydrogens (tertiary/aromatic N) is 2. The van der Waals surface area contributed by atoms with Crippen LogP contribution in [0.15, 0.2) is 12.3 Å². The predicted octanol–water partition coefficient (Wildman–Crippen LogP) is 1.82. The fraction of sp³-hybridized carbons (Fsp3) is 0.333. The Hall–Kier alpha value is -1.29. The summed E-state index contributed by atoms with van der Waals surface area (Å²) in [5.74, 6) is 0. The number of pyridine rings is 1. The summed E-state index contributed by atoms with van der Waals surface area (Å²) in [4.78, 5) is 16.9. The summed E-state index contributed by atoms with van der Waals surface area (Å²) >= 11 is 5.96. The van der Waals surface area contributed by atoms with E-state index >= 15 is 0 Å². The summed E-state index contributed by atoms with van der Waals surface area (Å²) in [6.45, 7) is 0.956. The van der Waals surface area contributed by atoms with Crippen LogP contribution in [0.2, 0.25) is 5.02 Å². The standard InChI is InChI=1S/C9H9ClN2O2/c1-14-9(13)12-4-6-7(10)2-3-11-8(6)5-12/h2-3H,4-5H2,1H3. The first-order chi connectivity index (χ1) is 6.72. The van der Waals surface area contributed by atoms with Crippen molar-refractivity contribution in [1.82, 2.24) is 9.88 Å². The summed E-state index contributed by atoms with van der Waals surface area (Å²) in [6, 6.07) is 1.72. The number of hydrogen-bond donors (Lipinski definition) is 0. The molecule has 2 rings (SSSR count). The van der Waals surface area contributed by atoms with Gasteiger partial charge in [-0.2, -0.15) is 0 Å². The highest BCUT2D eigenvalue weighted by molar-refractivity contribution is 6.31. The minimum Gasteiger partial charge on any atom is -0.453 e. The smallest absolute Gasteiger partial charge is 0.410 e. The van der Waals surface area contributed by atoms with Crippen molar-refractivity contribution < 1.29 is 9.53 Å². The zero-order valence-electron chi connectivity index (χ0n) is 7.66. The van der Waals surface area contributed by atoms with Crippen LogP contribution in [-0.2, 0) is 17.8 Å². The average Bonchev–Trinajstić information content (AvgIpc) is 2.62. The third kappa shape index (κ3) is 1.42. The number of carbonyl (C=O) groups is 1. The maximum Gasteiger partial charge on any atom is 0.410 e. The molecule has 2 heterocycles. The molecule has 1 aliphatic heterocycles. The molecule has 0 radical (unpaired) electrons. The zero-order valence-corrected chi connectivity index (χ0v) is 8.41. The summed E-state index contributed by atoms with van der Waals surface area (Å²) in [5, 5.41) is 0.654. The van der Waals surface area contributed by atoms with E-state index in [1.807, 2.05) is 0 Å². The summed E-state index contributed by atoms with van der Waals surface area (Å²) < 4.78 is 4.62. The molecular formula is C9H9ClN2O2. The largest absolute Gasteiger partial charge is 0.453 e. The molecular weight excluding hydrogens is 204 g/mol. The van der Waals surface area contributed by atoms with Crippen LogP contribution >= 0.6 is 11.6 Å². The number of carbonyl (C=O) groups excluding carboxylic acids is 1. The third-order valence-electron chi connectivity index (χ3n) is 2.21. The number of hydrogen-bond acceptors (Lipinski definition) is 3. The first-order valence-corrected chi connectivity index (χ1v) is 4.55. The predicted molar refractivity (Wildman–Crippen MR) is 50.9 cm³/mol. The molecule has 0 spiro atoms. The molecule has 14 heavy (non-hydrogen) atoms. The maximum absolute atomic E-state index is 11.2. The number of halogens is 1. The monoisotopic (exact) mass is 212 g/mol. The highest BCUT2D eigenvalue weighted by Crippen LogP contribution is 2.27. The van der Waals surface area contributed by atoms with Gasteiger partial charge in [0.2, 0.25) is 0 Å². The van der Waals surface area contributed by atoms with Crippen molar-refractivity contribution in [2.24, 2.45) is 0 Å². The Balaban J connectivity index is 2.26. The zero-order chi connectivity index (χ0) is 10.1. The van der Waals surface area contributed by atoms with Gasteiger partial charge in [0.05, 0.1) is 25.9 Å². The molecule has 0 N–H and O–H groups in total. The van der Waals surface area contributed by atoms with E-state index < -0.39 is 0 Å². The van der Waals surface area contributed by atoms with E-state index in [1.54, 1.807) is 17.2 Å². The maximum atomic E-state index is 11.2. The minimum absolute atomic E-state index is 0.348. The van der Waals surface area contributed by atoms with Crippen molar-refractivity contribution in [3.8, 4) is 0 Å². The summed E-state index contributed by atoms with van der Waals surface area (Å²) in [5.41, 5.74) is 1.77. The Kier molecular flexibility index (Phi) is 2.29. The van der Waals surface area contributed by atoms with Gasteiger partial charge < -0.3 is 4.74 Å². The number of aromatic nitrogens is 1. The van der Waals surface area contributed by atoms with Crippen molar-refractivity contribution in [1.29, 1.82) is 0 Å². The van der Waals surface area contributed by atoms with Gasteiger partial charge in [-0.25, -0.2) is 4.79 Å². The number of methoxy groups -OCH3 is 1. The van der Waals surface area contributed by atoms with Gasteiger partial charge in [0.1, 0.15) is 0 Å². The second-order valence-electron chi connectivity index (χ2n) is 3.04. The molecule has 0 aliphatic carbocycles. The van der Waals surface area contributed by atoms with Crippen molar-refractivity contribution >= 4 is 17.7 Å². The second-order valence-corrected chi connectivity index (χ2v) is 3.45. The molecule has 5 heteroatoms. The third-order valence-corrected chi connectivity index (χ3v) is 2.56. The molecule has 1 aromatic rings. The van der Waals surface area contributed by atoms with Crippen LogP contribution in [0.25, 0.3) is 0 Å². The Morgan fingerprint density at radius 1 is 1.64 bits per heavy atom.